The lowest BCUT2D eigenvalue weighted by Crippen LogP contribution is -2.34. The Labute approximate surface area is 136 Å². The first-order valence-corrected chi connectivity index (χ1v) is 12.3. The molecule has 0 saturated heterocycles. The molecule has 2 heteroatoms. The fourth-order valence-electron chi connectivity index (χ4n) is 2.04. The zero-order valence-electron chi connectivity index (χ0n) is 14.4. The molecule has 0 amide bonds. The third-order valence-electron chi connectivity index (χ3n) is 3.39. The van der Waals surface area contributed by atoms with Crippen LogP contribution in [0.4, 0.5) is 0 Å². The van der Waals surface area contributed by atoms with E-state index in [4.69, 9.17) is 0 Å². The third-order valence-corrected chi connectivity index (χ3v) is 8.67. The van der Waals surface area contributed by atoms with Crippen LogP contribution >= 0.6 is 11.8 Å². The van der Waals surface area contributed by atoms with Crippen LogP contribution in [-0.4, -0.2) is 12.9 Å². The van der Waals surface area contributed by atoms with Crippen molar-refractivity contribution >= 4 is 19.8 Å². The standard InChI is InChI=1S/C19H30SSi/c1-16(2)11-10-12-17(3)15-19(21(4,5)6)20-18-13-8-7-9-14-18/h7-9,11,13-15,19H,10,12H2,1-6H3. The molecule has 0 fully saturated rings. The second-order valence-corrected chi connectivity index (χ2v) is 14.0. The fraction of sp³-hybridized carbons (Fsp3) is 0.474. The van der Waals surface area contributed by atoms with E-state index in [1.165, 1.54) is 28.9 Å². The molecule has 1 unspecified atom stereocenters. The van der Waals surface area contributed by atoms with E-state index < -0.39 is 8.07 Å². The largest absolute Gasteiger partial charge is 0.122 e. The minimum atomic E-state index is -1.22. The van der Waals surface area contributed by atoms with Gasteiger partial charge in [-0.25, -0.2) is 0 Å². The van der Waals surface area contributed by atoms with Crippen molar-refractivity contribution in [3.63, 3.8) is 0 Å². The minimum absolute atomic E-state index is 0.645. The highest BCUT2D eigenvalue weighted by Crippen LogP contribution is 2.31. The molecule has 1 rings (SSSR count). The number of thioether (sulfide) groups is 1. The molecule has 0 saturated carbocycles. The molecule has 0 N–H and O–H groups in total. The van der Waals surface area contributed by atoms with Crippen LogP contribution in [-0.2, 0) is 0 Å². The molecule has 0 aliphatic rings. The molecule has 116 valence electrons. The van der Waals surface area contributed by atoms with Crippen molar-refractivity contribution in [2.75, 3.05) is 0 Å². The van der Waals surface area contributed by atoms with Gasteiger partial charge in [0, 0.05) is 9.77 Å². The highest BCUT2D eigenvalue weighted by Gasteiger charge is 2.25. The molecule has 0 nitrogen and oxygen atoms in total. The van der Waals surface area contributed by atoms with E-state index in [1.807, 2.05) is 11.8 Å². The SMILES string of the molecule is CC(C)=CCCC(C)=CC(Sc1ccccc1)[Si](C)(C)C. The Morgan fingerprint density at radius 3 is 2.24 bits per heavy atom. The van der Waals surface area contributed by atoms with E-state index in [-0.39, 0.29) is 0 Å². The van der Waals surface area contributed by atoms with E-state index in [9.17, 15) is 0 Å². The minimum Gasteiger partial charge on any atom is -0.122 e. The Hall–Kier alpha value is -0.733. The van der Waals surface area contributed by atoms with Crippen LogP contribution in [0.5, 0.6) is 0 Å². The Bertz CT molecular complexity index is 476. The van der Waals surface area contributed by atoms with E-state index in [0.717, 1.165) is 0 Å². The fourth-order valence-corrected chi connectivity index (χ4v) is 5.55. The Morgan fingerprint density at radius 2 is 1.71 bits per heavy atom. The predicted octanol–water partition coefficient (Wildman–Crippen LogP) is 6.72. The number of hydrogen-bond donors (Lipinski definition) is 0. The van der Waals surface area contributed by atoms with E-state index >= 15 is 0 Å². The van der Waals surface area contributed by atoms with E-state index in [1.54, 1.807) is 0 Å². The van der Waals surface area contributed by atoms with Crippen molar-refractivity contribution in [3.8, 4) is 0 Å². The highest BCUT2D eigenvalue weighted by molar-refractivity contribution is 8.01. The summed E-state index contributed by atoms with van der Waals surface area (Å²) in [6.45, 7) is 14.0. The van der Waals surface area contributed by atoms with Gasteiger partial charge in [-0.15, -0.1) is 11.8 Å². The Balaban J connectivity index is 2.76. The molecule has 0 spiro atoms. The van der Waals surface area contributed by atoms with Gasteiger partial charge in [0.2, 0.25) is 0 Å². The van der Waals surface area contributed by atoms with Gasteiger partial charge in [0.25, 0.3) is 0 Å². The zero-order chi connectivity index (χ0) is 15.9. The Morgan fingerprint density at radius 1 is 1.10 bits per heavy atom. The van der Waals surface area contributed by atoms with Crippen LogP contribution in [0.15, 0.2) is 58.5 Å². The van der Waals surface area contributed by atoms with Gasteiger partial charge in [0.1, 0.15) is 0 Å². The summed E-state index contributed by atoms with van der Waals surface area (Å²) in [5.41, 5.74) is 2.95. The van der Waals surface area contributed by atoms with Crippen molar-refractivity contribution < 1.29 is 0 Å². The lowest BCUT2D eigenvalue weighted by Gasteiger charge is -2.26. The number of allylic oxidation sites excluding steroid dienone is 3. The van der Waals surface area contributed by atoms with Crippen molar-refractivity contribution in [1.29, 1.82) is 0 Å². The average Bonchev–Trinajstić information content (AvgIpc) is 2.37. The normalized spacial score (nSPS) is 13.9. The number of hydrogen-bond acceptors (Lipinski definition) is 1. The summed E-state index contributed by atoms with van der Waals surface area (Å²) in [5, 5.41) is 0. The van der Waals surface area contributed by atoms with Crippen LogP contribution in [0.3, 0.4) is 0 Å². The van der Waals surface area contributed by atoms with Gasteiger partial charge < -0.3 is 0 Å². The summed E-state index contributed by atoms with van der Waals surface area (Å²) in [7, 11) is -1.22. The van der Waals surface area contributed by atoms with Gasteiger partial charge in [-0.3, -0.25) is 0 Å². The maximum atomic E-state index is 2.53. The Kier molecular flexibility index (Phi) is 7.54. The molecule has 0 aromatic heterocycles. The second kappa shape index (κ2) is 8.65. The van der Waals surface area contributed by atoms with Gasteiger partial charge in [-0.2, -0.15) is 0 Å². The van der Waals surface area contributed by atoms with Crippen molar-refractivity contribution in [1.82, 2.24) is 0 Å². The summed E-state index contributed by atoms with van der Waals surface area (Å²) >= 11 is 2.03. The average molecular weight is 319 g/mol. The molecule has 1 aromatic rings. The molecular formula is C19H30SSi. The lowest BCUT2D eigenvalue weighted by molar-refractivity contribution is 0.961. The maximum Gasteiger partial charge on any atom is 0.0639 e. The van der Waals surface area contributed by atoms with Crippen molar-refractivity contribution in [2.24, 2.45) is 0 Å². The van der Waals surface area contributed by atoms with Crippen molar-refractivity contribution in [3.05, 3.63) is 53.6 Å². The second-order valence-electron chi connectivity index (χ2n) is 7.05. The topological polar surface area (TPSA) is 0 Å². The molecule has 0 heterocycles. The van der Waals surface area contributed by atoms with Gasteiger partial charge in [0.05, 0.1) is 8.07 Å². The zero-order valence-corrected chi connectivity index (χ0v) is 16.3. The molecule has 0 radical (unpaired) electrons. The number of benzene rings is 1. The number of rotatable bonds is 7. The van der Waals surface area contributed by atoms with Crippen LogP contribution < -0.4 is 0 Å². The molecule has 0 bridgehead atoms. The predicted molar refractivity (Wildman–Crippen MR) is 102 cm³/mol. The maximum absolute atomic E-state index is 2.53. The summed E-state index contributed by atoms with van der Waals surface area (Å²) in [6.07, 6.45) is 7.22. The smallest absolute Gasteiger partial charge is 0.0639 e. The lowest BCUT2D eigenvalue weighted by atomic mass is 10.1. The molecule has 1 atom stereocenters. The van der Waals surface area contributed by atoms with Crippen LogP contribution in [0, 0.1) is 0 Å². The van der Waals surface area contributed by atoms with Gasteiger partial charge in [0.15, 0.2) is 0 Å². The first-order valence-electron chi connectivity index (χ1n) is 7.81. The van der Waals surface area contributed by atoms with Gasteiger partial charge >= 0.3 is 0 Å². The van der Waals surface area contributed by atoms with Crippen LogP contribution in [0.1, 0.15) is 33.6 Å². The summed E-state index contributed by atoms with van der Waals surface area (Å²) < 4.78 is 0. The molecule has 0 aliphatic carbocycles. The third kappa shape index (κ3) is 7.73. The van der Waals surface area contributed by atoms with E-state index in [2.05, 4.69) is 82.9 Å². The molecule has 0 aliphatic heterocycles. The summed E-state index contributed by atoms with van der Waals surface area (Å²) in [6, 6.07) is 10.8. The highest BCUT2D eigenvalue weighted by atomic mass is 32.2. The molecular weight excluding hydrogens is 288 g/mol. The van der Waals surface area contributed by atoms with Crippen LogP contribution in [0.25, 0.3) is 0 Å². The van der Waals surface area contributed by atoms with Crippen molar-refractivity contribution in [2.45, 2.75) is 63.0 Å². The van der Waals surface area contributed by atoms with Crippen LogP contribution in [0.2, 0.25) is 19.6 Å². The summed E-state index contributed by atoms with van der Waals surface area (Å²) in [4.78, 5) is 2.03. The summed E-state index contributed by atoms with van der Waals surface area (Å²) in [5.74, 6) is 0. The van der Waals surface area contributed by atoms with Gasteiger partial charge in [-0.1, -0.05) is 61.1 Å². The quantitative estimate of drug-likeness (QED) is 0.305. The monoisotopic (exact) mass is 318 g/mol. The van der Waals surface area contributed by atoms with E-state index in [0.29, 0.717) is 4.87 Å². The van der Waals surface area contributed by atoms with Gasteiger partial charge in [-0.05, 0) is 45.7 Å². The first-order chi connectivity index (χ1) is 9.79. The first kappa shape index (κ1) is 18.3. The molecule has 21 heavy (non-hydrogen) atoms. The molecule has 1 aromatic carbocycles.